The number of halogens is 2. The quantitative estimate of drug-likeness (QED) is 0.638. The van der Waals surface area contributed by atoms with Crippen LogP contribution in [0.25, 0.3) is 5.57 Å². The number of carbonyl (C=O) groups is 1. The molecule has 6 heteroatoms. The average molecular weight is 417 g/mol. The predicted molar refractivity (Wildman–Crippen MR) is 112 cm³/mol. The molecule has 1 aliphatic heterocycles. The molecule has 0 atom stereocenters. The Kier molecular flexibility index (Phi) is 5.88. The summed E-state index contributed by atoms with van der Waals surface area (Å²) >= 11 is 11.9. The molecule has 0 radical (unpaired) electrons. The van der Waals surface area contributed by atoms with Crippen LogP contribution in [0.15, 0.2) is 42.1 Å². The summed E-state index contributed by atoms with van der Waals surface area (Å²) in [5, 5.41) is 0.763. The maximum Gasteiger partial charge on any atom is 0.409 e. The van der Waals surface area contributed by atoms with Crippen LogP contribution in [0.5, 0.6) is 0 Å². The minimum atomic E-state index is -0.281. The molecule has 1 aromatic carbocycles. The van der Waals surface area contributed by atoms with E-state index >= 15 is 0 Å². The topological polar surface area (TPSA) is 42.4 Å². The highest BCUT2D eigenvalue weighted by atomic mass is 35.5. The third-order valence-corrected chi connectivity index (χ3v) is 5.80. The molecule has 0 bridgehead atoms. The molecule has 1 fully saturated rings. The van der Waals surface area contributed by atoms with Gasteiger partial charge in [0.05, 0.1) is 11.6 Å². The molecular formula is C22H22Cl2N2O2. The number of carbonyl (C=O) groups excluding carboxylic acids is 1. The highest BCUT2D eigenvalue weighted by molar-refractivity contribution is 6.30. The van der Waals surface area contributed by atoms with Crippen LogP contribution >= 0.6 is 23.2 Å². The molecule has 0 spiro atoms. The fourth-order valence-electron chi connectivity index (χ4n) is 4.06. The largest absolute Gasteiger partial charge is 0.448 e. The Bertz CT molecular complexity index is 917. The summed E-state index contributed by atoms with van der Waals surface area (Å²) in [6.07, 6.45) is 5.09. The number of pyridine rings is 1. The number of ether oxygens (including phenoxy) is 1. The number of hydrogen-bond donors (Lipinski definition) is 0. The third kappa shape index (κ3) is 3.89. The molecule has 1 aliphatic carbocycles. The van der Waals surface area contributed by atoms with E-state index in [1.54, 1.807) is 4.90 Å². The summed E-state index contributed by atoms with van der Waals surface area (Å²) in [7, 11) is 0. The van der Waals surface area contributed by atoms with Gasteiger partial charge in [0.2, 0.25) is 0 Å². The maximum absolute atomic E-state index is 12.1. The molecule has 2 aromatic rings. The SMILES string of the molecule is O=C(OCCCl)N1CCC(=C2c3ccc(Cl)cc3CCc3cccnc32)CC1. The smallest absolute Gasteiger partial charge is 0.409 e. The number of likely N-dealkylation sites (tertiary alicyclic amines) is 1. The number of alkyl halides is 1. The van der Waals surface area contributed by atoms with Gasteiger partial charge in [-0.05, 0) is 60.6 Å². The van der Waals surface area contributed by atoms with E-state index in [2.05, 4.69) is 18.2 Å². The second-order valence-electron chi connectivity index (χ2n) is 7.08. The van der Waals surface area contributed by atoms with E-state index < -0.39 is 0 Å². The maximum atomic E-state index is 12.1. The lowest BCUT2D eigenvalue weighted by Crippen LogP contribution is -2.37. The van der Waals surface area contributed by atoms with E-state index in [0.29, 0.717) is 19.0 Å². The van der Waals surface area contributed by atoms with Gasteiger partial charge in [0.15, 0.2) is 0 Å². The van der Waals surface area contributed by atoms with Crippen LogP contribution in [0, 0.1) is 0 Å². The molecular weight excluding hydrogens is 395 g/mol. The van der Waals surface area contributed by atoms with Gasteiger partial charge in [0, 0.05) is 29.9 Å². The van der Waals surface area contributed by atoms with Gasteiger partial charge >= 0.3 is 6.09 Å². The second-order valence-corrected chi connectivity index (χ2v) is 7.90. The molecule has 2 heterocycles. The van der Waals surface area contributed by atoms with Crippen molar-refractivity contribution in [2.45, 2.75) is 25.7 Å². The lowest BCUT2D eigenvalue weighted by atomic mass is 9.88. The molecule has 0 unspecified atom stereocenters. The molecule has 0 saturated carbocycles. The van der Waals surface area contributed by atoms with Crippen molar-refractivity contribution < 1.29 is 9.53 Å². The Balaban J connectivity index is 1.70. The Morgan fingerprint density at radius 1 is 1.11 bits per heavy atom. The summed E-state index contributed by atoms with van der Waals surface area (Å²) in [6.45, 7) is 1.53. The number of aryl methyl sites for hydroxylation is 2. The van der Waals surface area contributed by atoms with E-state index in [1.807, 2.05) is 18.3 Å². The first-order valence-electron chi connectivity index (χ1n) is 9.60. The highest BCUT2D eigenvalue weighted by Gasteiger charge is 2.26. The van der Waals surface area contributed by atoms with Crippen LogP contribution in [0.2, 0.25) is 5.02 Å². The fraction of sp³-hybridized carbons (Fsp3) is 0.364. The summed E-state index contributed by atoms with van der Waals surface area (Å²) in [6, 6.07) is 10.3. The van der Waals surface area contributed by atoms with Crippen LogP contribution in [-0.2, 0) is 17.6 Å². The normalized spacial score (nSPS) is 16.3. The number of hydrogen-bond acceptors (Lipinski definition) is 3. The Morgan fingerprint density at radius 2 is 1.89 bits per heavy atom. The van der Waals surface area contributed by atoms with Crippen molar-refractivity contribution in [2.75, 3.05) is 25.6 Å². The van der Waals surface area contributed by atoms with Crippen LogP contribution in [0.3, 0.4) is 0 Å². The van der Waals surface area contributed by atoms with Gasteiger partial charge in [-0.25, -0.2) is 4.79 Å². The lowest BCUT2D eigenvalue weighted by molar-refractivity contribution is 0.105. The molecule has 4 nitrogen and oxygen atoms in total. The number of rotatable bonds is 2. The Hall–Kier alpha value is -2.04. The first kappa shape index (κ1) is 19.3. The van der Waals surface area contributed by atoms with Crippen molar-refractivity contribution in [2.24, 2.45) is 0 Å². The highest BCUT2D eigenvalue weighted by Crippen LogP contribution is 2.38. The van der Waals surface area contributed by atoms with Gasteiger partial charge in [-0.2, -0.15) is 0 Å². The minimum absolute atomic E-state index is 0.246. The molecule has 1 aromatic heterocycles. The van der Waals surface area contributed by atoms with Crippen molar-refractivity contribution in [3.8, 4) is 0 Å². The monoisotopic (exact) mass is 416 g/mol. The average Bonchev–Trinajstić information content (AvgIpc) is 2.88. The predicted octanol–water partition coefficient (Wildman–Crippen LogP) is 5.11. The van der Waals surface area contributed by atoms with Gasteiger partial charge in [-0.1, -0.05) is 29.3 Å². The molecule has 0 N–H and O–H groups in total. The van der Waals surface area contributed by atoms with E-state index in [1.165, 1.54) is 27.8 Å². The summed E-state index contributed by atoms with van der Waals surface area (Å²) < 4.78 is 5.17. The van der Waals surface area contributed by atoms with E-state index in [0.717, 1.165) is 36.4 Å². The number of fused-ring (bicyclic) bond motifs is 2. The van der Waals surface area contributed by atoms with Crippen molar-refractivity contribution in [1.82, 2.24) is 9.88 Å². The standard InChI is InChI=1S/C22H22Cl2N2O2/c23-9-13-28-22(27)26-11-7-15(8-12-26)20-19-6-5-18(24)14-17(19)4-3-16-2-1-10-25-21(16)20/h1-2,5-6,10,14H,3-4,7-9,11-13H2. The Morgan fingerprint density at radius 3 is 2.68 bits per heavy atom. The number of nitrogens with zero attached hydrogens (tertiary/aromatic N) is 2. The van der Waals surface area contributed by atoms with Gasteiger partial charge in [0.25, 0.3) is 0 Å². The summed E-state index contributed by atoms with van der Waals surface area (Å²) in [4.78, 5) is 18.6. The molecule has 1 saturated heterocycles. The molecule has 28 heavy (non-hydrogen) atoms. The number of aromatic nitrogens is 1. The molecule has 2 aliphatic rings. The zero-order valence-corrected chi connectivity index (χ0v) is 17.1. The fourth-order valence-corrected chi connectivity index (χ4v) is 4.33. The zero-order chi connectivity index (χ0) is 19.5. The lowest BCUT2D eigenvalue weighted by Gasteiger charge is -2.29. The summed E-state index contributed by atoms with van der Waals surface area (Å²) in [5.74, 6) is 0.316. The van der Waals surface area contributed by atoms with E-state index in [4.69, 9.17) is 32.9 Å². The van der Waals surface area contributed by atoms with Crippen molar-refractivity contribution in [1.29, 1.82) is 0 Å². The van der Waals surface area contributed by atoms with Gasteiger partial charge in [0.1, 0.15) is 6.61 Å². The van der Waals surface area contributed by atoms with Crippen molar-refractivity contribution in [3.05, 3.63) is 69.5 Å². The van der Waals surface area contributed by atoms with Crippen LogP contribution in [0.4, 0.5) is 4.79 Å². The number of benzene rings is 1. The first-order valence-corrected chi connectivity index (χ1v) is 10.5. The van der Waals surface area contributed by atoms with E-state index in [-0.39, 0.29) is 12.7 Å². The van der Waals surface area contributed by atoms with Crippen molar-refractivity contribution >= 4 is 34.9 Å². The van der Waals surface area contributed by atoms with Gasteiger partial charge < -0.3 is 9.64 Å². The third-order valence-electron chi connectivity index (χ3n) is 5.41. The second kappa shape index (κ2) is 8.54. The van der Waals surface area contributed by atoms with Gasteiger partial charge in [-0.15, -0.1) is 11.6 Å². The van der Waals surface area contributed by atoms with Crippen molar-refractivity contribution in [3.63, 3.8) is 0 Å². The number of piperidine rings is 1. The molecule has 4 rings (SSSR count). The zero-order valence-electron chi connectivity index (χ0n) is 15.6. The number of amides is 1. The van der Waals surface area contributed by atoms with Crippen LogP contribution in [-0.4, -0.2) is 41.6 Å². The van der Waals surface area contributed by atoms with Gasteiger partial charge in [-0.3, -0.25) is 4.98 Å². The minimum Gasteiger partial charge on any atom is -0.448 e. The van der Waals surface area contributed by atoms with Crippen LogP contribution < -0.4 is 0 Å². The molecule has 1 amide bonds. The molecule has 146 valence electrons. The van der Waals surface area contributed by atoms with E-state index in [9.17, 15) is 4.79 Å². The first-order chi connectivity index (χ1) is 13.7. The Labute approximate surface area is 175 Å². The van der Waals surface area contributed by atoms with Crippen LogP contribution in [0.1, 0.15) is 35.2 Å². The summed E-state index contributed by atoms with van der Waals surface area (Å²) in [5.41, 5.74) is 7.37.